The third kappa shape index (κ3) is 4.43. The highest BCUT2D eigenvalue weighted by Gasteiger charge is 2.42. The van der Waals surface area contributed by atoms with Crippen LogP contribution in [-0.2, 0) is 6.42 Å². The van der Waals surface area contributed by atoms with E-state index in [0.29, 0.717) is 11.8 Å². The lowest BCUT2D eigenvalue weighted by molar-refractivity contribution is 1.01. The van der Waals surface area contributed by atoms with E-state index in [4.69, 9.17) is 0 Å². The van der Waals surface area contributed by atoms with Gasteiger partial charge in [0.25, 0.3) is 0 Å². The smallest absolute Gasteiger partial charge is 0.0468 e. The molecule has 1 nitrogen and oxygen atoms in total. The molecule has 6 aromatic carbocycles. The Morgan fingerprint density at radius 2 is 1.20 bits per heavy atom. The van der Waals surface area contributed by atoms with Gasteiger partial charge in [-0.3, -0.25) is 0 Å². The maximum absolute atomic E-state index is 3.62. The lowest BCUT2D eigenvalue weighted by Crippen LogP contribution is -2.10. The molecule has 0 aliphatic heterocycles. The van der Waals surface area contributed by atoms with Gasteiger partial charge in [0.05, 0.1) is 0 Å². The first-order valence-electron chi connectivity index (χ1n) is 14.2. The zero-order valence-corrected chi connectivity index (χ0v) is 25.6. The zero-order chi connectivity index (χ0) is 27.5. The molecular formula is C38H27Br2N. The molecule has 0 radical (unpaired) electrons. The van der Waals surface area contributed by atoms with Crippen molar-refractivity contribution in [3.05, 3.63) is 159 Å². The number of halogens is 2. The van der Waals surface area contributed by atoms with Gasteiger partial charge in [-0.05, 0) is 136 Å². The first-order chi connectivity index (χ1) is 20.1. The molecule has 8 rings (SSSR count). The molecule has 0 spiro atoms. The second-order valence-electron chi connectivity index (χ2n) is 11.2. The van der Waals surface area contributed by atoms with Gasteiger partial charge in [0, 0.05) is 26.0 Å². The predicted octanol–water partition coefficient (Wildman–Crippen LogP) is 11.7. The fourth-order valence-electron chi connectivity index (χ4n) is 6.80. The molecular weight excluding hydrogens is 630 g/mol. The number of benzene rings is 6. The van der Waals surface area contributed by atoms with E-state index >= 15 is 0 Å². The minimum absolute atomic E-state index is 0.559. The zero-order valence-electron chi connectivity index (χ0n) is 22.4. The van der Waals surface area contributed by atoms with Gasteiger partial charge in [-0.15, -0.1) is 0 Å². The SMILES string of the molecule is Brc1ccc(N(c2ccc(Br)cc2)c2ccc3c(C4CC4c4ccccc4)c4c(cc3c2)-c2ccccc2C4)cc1. The molecule has 1 fully saturated rings. The first kappa shape index (κ1) is 25.1. The topological polar surface area (TPSA) is 3.24 Å². The van der Waals surface area contributed by atoms with Crippen LogP contribution in [0, 0.1) is 0 Å². The molecule has 0 bridgehead atoms. The van der Waals surface area contributed by atoms with Crippen molar-refractivity contribution in [2.75, 3.05) is 4.90 Å². The Morgan fingerprint density at radius 3 is 1.90 bits per heavy atom. The summed E-state index contributed by atoms with van der Waals surface area (Å²) in [7, 11) is 0. The van der Waals surface area contributed by atoms with Crippen LogP contribution in [0.25, 0.3) is 21.9 Å². The largest absolute Gasteiger partial charge is 0.310 e. The normalized spacial score (nSPS) is 16.8. The maximum Gasteiger partial charge on any atom is 0.0468 e. The van der Waals surface area contributed by atoms with Gasteiger partial charge >= 0.3 is 0 Å². The van der Waals surface area contributed by atoms with Crippen molar-refractivity contribution in [1.29, 1.82) is 0 Å². The highest BCUT2D eigenvalue weighted by atomic mass is 79.9. The van der Waals surface area contributed by atoms with Crippen LogP contribution < -0.4 is 4.90 Å². The van der Waals surface area contributed by atoms with E-state index < -0.39 is 0 Å². The van der Waals surface area contributed by atoms with E-state index in [9.17, 15) is 0 Å². The van der Waals surface area contributed by atoms with Crippen LogP contribution >= 0.6 is 31.9 Å². The monoisotopic (exact) mass is 655 g/mol. The minimum atomic E-state index is 0.559. The van der Waals surface area contributed by atoms with Crippen molar-refractivity contribution in [2.24, 2.45) is 0 Å². The standard InChI is InChI=1S/C38H27Br2N/c39-27-10-14-29(15-11-27)41(30-16-12-28(40)13-17-30)31-18-19-33-26(20-31)22-35-32-9-5-4-8-25(32)21-36(35)38(33)37-23-34(37)24-6-2-1-3-7-24/h1-20,22,34,37H,21,23H2. The molecule has 198 valence electrons. The van der Waals surface area contributed by atoms with Crippen LogP contribution in [0.2, 0.25) is 0 Å². The van der Waals surface area contributed by atoms with Gasteiger partial charge in [0.1, 0.15) is 0 Å². The second kappa shape index (κ2) is 10.0. The molecule has 6 aromatic rings. The van der Waals surface area contributed by atoms with Crippen LogP contribution in [0.1, 0.15) is 40.5 Å². The van der Waals surface area contributed by atoms with Gasteiger partial charge in [0.2, 0.25) is 0 Å². The molecule has 41 heavy (non-hydrogen) atoms. The maximum atomic E-state index is 3.62. The van der Waals surface area contributed by atoms with Crippen molar-refractivity contribution in [1.82, 2.24) is 0 Å². The fraction of sp³-hybridized carbons (Fsp3) is 0.105. The van der Waals surface area contributed by atoms with E-state index in [1.54, 1.807) is 5.56 Å². The molecule has 2 aliphatic carbocycles. The quantitative estimate of drug-likeness (QED) is 0.178. The van der Waals surface area contributed by atoms with E-state index in [-0.39, 0.29) is 0 Å². The van der Waals surface area contributed by atoms with Crippen molar-refractivity contribution >= 4 is 59.7 Å². The summed E-state index contributed by atoms with van der Waals surface area (Å²) in [5.74, 6) is 1.15. The van der Waals surface area contributed by atoms with Crippen LogP contribution in [-0.4, -0.2) is 0 Å². The summed E-state index contributed by atoms with van der Waals surface area (Å²) in [4.78, 5) is 2.35. The van der Waals surface area contributed by atoms with Gasteiger partial charge in [-0.25, -0.2) is 0 Å². The Kier molecular flexibility index (Phi) is 6.12. The number of hydrogen-bond donors (Lipinski definition) is 0. The number of hydrogen-bond acceptors (Lipinski definition) is 1. The average Bonchev–Trinajstić information content (AvgIpc) is 3.72. The van der Waals surface area contributed by atoms with Gasteiger partial charge in [-0.2, -0.15) is 0 Å². The lowest BCUT2D eigenvalue weighted by Gasteiger charge is -2.26. The average molecular weight is 657 g/mol. The summed E-state index contributed by atoms with van der Waals surface area (Å²) in [6.07, 6.45) is 2.25. The highest BCUT2D eigenvalue weighted by Crippen LogP contribution is 2.59. The van der Waals surface area contributed by atoms with Crippen molar-refractivity contribution < 1.29 is 0 Å². The summed E-state index contributed by atoms with van der Waals surface area (Å²) >= 11 is 7.23. The number of anilines is 3. The van der Waals surface area contributed by atoms with Gasteiger partial charge in [0.15, 0.2) is 0 Å². The van der Waals surface area contributed by atoms with Crippen molar-refractivity contribution in [2.45, 2.75) is 24.7 Å². The summed E-state index contributed by atoms with van der Waals surface area (Å²) in [6.45, 7) is 0. The molecule has 3 heteroatoms. The molecule has 1 saturated carbocycles. The molecule has 0 amide bonds. The third-order valence-electron chi connectivity index (χ3n) is 8.77. The van der Waals surface area contributed by atoms with Crippen LogP contribution in [0.5, 0.6) is 0 Å². The molecule has 2 aliphatic rings. The first-order valence-corrected chi connectivity index (χ1v) is 15.8. The Hall–Kier alpha value is -3.66. The Bertz CT molecular complexity index is 1860. The predicted molar refractivity (Wildman–Crippen MR) is 179 cm³/mol. The fourth-order valence-corrected chi connectivity index (χ4v) is 7.32. The Balaban J connectivity index is 1.31. The molecule has 2 unspecified atom stereocenters. The van der Waals surface area contributed by atoms with Gasteiger partial charge < -0.3 is 4.90 Å². The van der Waals surface area contributed by atoms with Crippen molar-refractivity contribution in [3.63, 3.8) is 0 Å². The Morgan fingerprint density at radius 1 is 0.561 bits per heavy atom. The molecule has 0 N–H and O–H groups in total. The summed E-state index contributed by atoms with van der Waals surface area (Å²) in [5.41, 5.74) is 12.2. The van der Waals surface area contributed by atoms with Crippen LogP contribution in [0.3, 0.4) is 0 Å². The summed E-state index contributed by atoms with van der Waals surface area (Å²) in [5, 5.41) is 2.71. The number of fused-ring (bicyclic) bond motifs is 4. The number of nitrogens with zero attached hydrogens (tertiary/aromatic N) is 1. The summed E-state index contributed by atoms with van der Waals surface area (Å²) < 4.78 is 2.15. The molecule has 2 atom stereocenters. The van der Waals surface area contributed by atoms with Crippen molar-refractivity contribution in [3.8, 4) is 11.1 Å². The molecule has 0 aromatic heterocycles. The minimum Gasteiger partial charge on any atom is -0.310 e. The lowest BCUT2D eigenvalue weighted by atomic mass is 9.89. The van der Waals surface area contributed by atoms with Crippen LogP contribution in [0.15, 0.2) is 136 Å². The third-order valence-corrected chi connectivity index (χ3v) is 9.82. The van der Waals surface area contributed by atoms with E-state index in [1.165, 1.54) is 45.0 Å². The highest BCUT2D eigenvalue weighted by molar-refractivity contribution is 9.10. The van der Waals surface area contributed by atoms with Crippen LogP contribution in [0.4, 0.5) is 17.1 Å². The number of rotatable bonds is 5. The van der Waals surface area contributed by atoms with E-state index in [2.05, 4.69) is 164 Å². The Labute approximate surface area is 257 Å². The molecule has 0 saturated heterocycles. The van der Waals surface area contributed by atoms with Gasteiger partial charge in [-0.1, -0.05) is 92.5 Å². The second-order valence-corrected chi connectivity index (χ2v) is 13.0. The molecule has 0 heterocycles. The van der Waals surface area contributed by atoms with E-state index in [1.807, 2.05) is 0 Å². The van der Waals surface area contributed by atoms with E-state index in [0.717, 1.165) is 32.4 Å². The summed E-state index contributed by atoms with van der Waals surface area (Å²) in [6, 6.07) is 46.7.